The lowest BCUT2D eigenvalue weighted by Crippen LogP contribution is -2.37. The molecule has 2 aromatic carbocycles. The van der Waals surface area contributed by atoms with Gasteiger partial charge in [0, 0.05) is 13.1 Å². The first-order valence-corrected chi connectivity index (χ1v) is 9.48. The van der Waals surface area contributed by atoms with E-state index in [1.165, 1.54) is 6.42 Å². The molecule has 5 N–H and O–H groups in total. The lowest BCUT2D eigenvalue weighted by Gasteiger charge is -2.17. The zero-order chi connectivity index (χ0) is 20.4. The number of amidine groups is 1. The summed E-state index contributed by atoms with van der Waals surface area (Å²) >= 11 is 0. The number of carbonyl (C=O) groups is 1. The van der Waals surface area contributed by atoms with Crippen LogP contribution < -0.4 is 21.5 Å². The Hall–Kier alpha value is -3.28. The van der Waals surface area contributed by atoms with E-state index in [-0.39, 0.29) is 5.57 Å². The first-order valence-electron chi connectivity index (χ1n) is 9.48. The minimum absolute atomic E-state index is 0.219. The molecule has 0 radical (unpaired) electrons. The highest BCUT2D eigenvalue weighted by atomic mass is 16.5. The van der Waals surface area contributed by atoms with Crippen molar-refractivity contribution in [2.24, 2.45) is 16.5 Å². The van der Waals surface area contributed by atoms with Gasteiger partial charge in [-0.25, -0.2) is 0 Å². The number of carbonyl (C=O) groups excluding carboxylic acids is 1. The van der Waals surface area contributed by atoms with Crippen LogP contribution in [0.5, 0.6) is 11.5 Å². The minimum atomic E-state index is -0.602. The summed E-state index contributed by atoms with van der Waals surface area (Å²) in [5.74, 6) is 1.28. The standard InChI is InChI=1S/C19H20N4O2.C3H8/c20-17(16(18(21)24)19-22-11-4-12-23-19)13-7-9-15(10-8-13)25-14-5-2-1-3-6-14;1-3-2/h1-3,5-10H,4,11-12,20H2,(H2,21,24)(H,22,23);3H2,1-2H3/b17-16-;. The van der Waals surface area contributed by atoms with Gasteiger partial charge in [0.15, 0.2) is 0 Å². The van der Waals surface area contributed by atoms with Crippen molar-refractivity contribution in [3.63, 3.8) is 0 Å². The highest BCUT2D eigenvalue weighted by molar-refractivity contribution is 6.25. The summed E-state index contributed by atoms with van der Waals surface area (Å²) in [7, 11) is 0. The molecule has 148 valence electrons. The Morgan fingerprint density at radius 2 is 1.64 bits per heavy atom. The molecule has 0 bridgehead atoms. The van der Waals surface area contributed by atoms with Gasteiger partial charge in [-0.2, -0.15) is 0 Å². The Balaban J connectivity index is 0.000000878. The van der Waals surface area contributed by atoms with E-state index in [0.29, 0.717) is 29.4 Å². The molecule has 2 aromatic rings. The molecule has 0 saturated heterocycles. The summed E-state index contributed by atoms with van der Waals surface area (Å²) in [4.78, 5) is 16.2. The maximum Gasteiger partial charge on any atom is 0.254 e. The number of amides is 1. The number of primary amides is 1. The number of hydrogen-bond acceptors (Lipinski definition) is 5. The monoisotopic (exact) mass is 380 g/mol. The second-order valence-electron chi connectivity index (χ2n) is 6.31. The van der Waals surface area contributed by atoms with Crippen LogP contribution in [0.15, 0.2) is 65.2 Å². The Labute approximate surface area is 166 Å². The van der Waals surface area contributed by atoms with Gasteiger partial charge in [-0.15, -0.1) is 0 Å². The van der Waals surface area contributed by atoms with Crippen molar-refractivity contribution in [2.75, 3.05) is 13.1 Å². The van der Waals surface area contributed by atoms with E-state index in [4.69, 9.17) is 16.2 Å². The Morgan fingerprint density at radius 1 is 1.04 bits per heavy atom. The van der Waals surface area contributed by atoms with Gasteiger partial charge in [0.1, 0.15) is 22.9 Å². The number of para-hydroxylation sites is 1. The van der Waals surface area contributed by atoms with Gasteiger partial charge in [-0.1, -0.05) is 38.5 Å². The smallest absolute Gasteiger partial charge is 0.254 e. The number of hydrogen-bond donors (Lipinski definition) is 3. The van der Waals surface area contributed by atoms with Crippen LogP contribution in [0.25, 0.3) is 5.70 Å². The summed E-state index contributed by atoms with van der Waals surface area (Å²) in [6.07, 6.45) is 2.17. The van der Waals surface area contributed by atoms with Crippen LogP contribution in [0.2, 0.25) is 0 Å². The first kappa shape index (κ1) is 21.0. The van der Waals surface area contributed by atoms with Gasteiger partial charge in [-0.05, 0) is 48.4 Å². The zero-order valence-corrected chi connectivity index (χ0v) is 16.4. The number of aliphatic imine (C=N–C) groups is 1. The molecule has 6 heteroatoms. The third-order valence-corrected chi connectivity index (χ3v) is 3.79. The summed E-state index contributed by atoms with van der Waals surface area (Å²) in [5.41, 5.74) is 12.9. The Kier molecular flexibility index (Phi) is 8.09. The van der Waals surface area contributed by atoms with Gasteiger partial charge in [0.2, 0.25) is 0 Å². The lowest BCUT2D eigenvalue weighted by atomic mass is 10.0. The van der Waals surface area contributed by atoms with Crippen LogP contribution in [0, 0.1) is 0 Å². The van der Waals surface area contributed by atoms with Crippen molar-refractivity contribution in [3.05, 3.63) is 65.7 Å². The predicted octanol–water partition coefficient (Wildman–Crippen LogP) is 3.44. The van der Waals surface area contributed by atoms with Crippen molar-refractivity contribution in [2.45, 2.75) is 26.7 Å². The molecule has 6 nitrogen and oxygen atoms in total. The highest BCUT2D eigenvalue weighted by Crippen LogP contribution is 2.23. The van der Waals surface area contributed by atoms with E-state index in [0.717, 1.165) is 18.7 Å². The van der Waals surface area contributed by atoms with Gasteiger partial charge in [-0.3, -0.25) is 9.79 Å². The molecule has 1 amide bonds. The van der Waals surface area contributed by atoms with Crippen molar-refractivity contribution >= 4 is 17.4 Å². The molecule has 0 unspecified atom stereocenters. The maximum atomic E-state index is 11.9. The maximum absolute atomic E-state index is 11.9. The topological polar surface area (TPSA) is 103 Å². The molecule has 1 aliphatic rings. The minimum Gasteiger partial charge on any atom is -0.457 e. The van der Waals surface area contributed by atoms with Gasteiger partial charge in [0.25, 0.3) is 5.91 Å². The average molecular weight is 380 g/mol. The van der Waals surface area contributed by atoms with E-state index < -0.39 is 5.91 Å². The van der Waals surface area contributed by atoms with Crippen molar-refractivity contribution in [1.29, 1.82) is 0 Å². The fourth-order valence-electron chi connectivity index (χ4n) is 2.55. The lowest BCUT2D eigenvalue weighted by molar-refractivity contribution is -0.114. The normalized spacial score (nSPS) is 13.9. The number of nitrogens with zero attached hydrogens (tertiary/aromatic N) is 1. The summed E-state index contributed by atoms with van der Waals surface area (Å²) < 4.78 is 5.75. The Morgan fingerprint density at radius 3 is 2.18 bits per heavy atom. The third kappa shape index (κ3) is 5.87. The highest BCUT2D eigenvalue weighted by Gasteiger charge is 2.20. The molecule has 0 aliphatic carbocycles. The van der Waals surface area contributed by atoms with Gasteiger partial charge < -0.3 is 21.5 Å². The van der Waals surface area contributed by atoms with Crippen molar-refractivity contribution < 1.29 is 9.53 Å². The second-order valence-corrected chi connectivity index (χ2v) is 6.31. The van der Waals surface area contributed by atoms with Crippen LogP contribution in [-0.4, -0.2) is 24.8 Å². The van der Waals surface area contributed by atoms with Crippen LogP contribution in [-0.2, 0) is 4.79 Å². The molecule has 0 atom stereocenters. The number of nitrogens with one attached hydrogen (secondary N) is 1. The van der Waals surface area contributed by atoms with Crippen molar-refractivity contribution in [3.8, 4) is 11.5 Å². The second kappa shape index (κ2) is 10.8. The summed E-state index contributed by atoms with van der Waals surface area (Å²) in [6, 6.07) is 16.7. The molecular weight excluding hydrogens is 352 g/mol. The number of nitrogens with two attached hydrogens (primary N) is 2. The first-order chi connectivity index (χ1) is 13.6. The largest absolute Gasteiger partial charge is 0.457 e. The average Bonchev–Trinajstić information content (AvgIpc) is 2.70. The predicted molar refractivity (Wildman–Crippen MR) is 114 cm³/mol. The third-order valence-electron chi connectivity index (χ3n) is 3.79. The molecule has 0 spiro atoms. The zero-order valence-electron chi connectivity index (χ0n) is 16.4. The Bertz CT molecular complexity index is 827. The molecular formula is C22H28N4O2. The molecule has 0 saturated carbocycles. The number of rotatable bonds is 5. The van der Waals surface area contributed by atoms with E-state index >= 15 is 0 Å². The summed E-state index contributed by atoms with van der Waals surface area (Å²) in [6.45, 7) is 5.64. The van der Waals surface area contributed by atoms with Crippen LogP contribution >= 0.6 is 0 Å². The fraction of sp³-hybridized carbons (Fsp3) is 0.273. The molecule has 1 aliphatic heterocycles. The quantitative estimate of drug-likeness (QED) is 0.691. The van der Waals surface area contributed by atoms with Gasteiger partial charge >= 0.3 is 0 Å². The number of ether oxygens (including phenoxy) is 1. The molecule has 0 aromatic heterocycles. The molecule has 0 fully saturated rings. The molecule has 28 heavy (non-hydrogen) atoms. The van der Waals surface area contributed by atoms with E-state index in [9.17, 15) is 4.79 Å². The van der Waals surface area contributed by atoms with E-state index in [2.05, 4.69) is 24.2 Å². The SMILES string of the molecule is CCC.NC(=O)/C(C1=NCCCN1)=C(/N)c1ccc(Oc2ccccc2)cc1. The van der Waals surface area contributed by atoms with Gasteiger partial charge in [0.05, 0.1) is 5.70 Å². The van der Waals surface area contributed by atoms with E-state index in [1.54, 1.807) is 24.3 Å². The van der Waals surface area contributed by atoms with Crippen LogP contribution in [0.3, 0.4) is 0 Å². The fourth-order valence-corrected chi connectivity index (χ4v) is 2.55. The summed E-state index contributed by atoms with van der Waals surface area (Å²) in [5, 5.41) is 3.08. The van der Waals surface area contributed by atoms with Crippen molar-refractivity contribution in [1.82, 2.24) is 5.32 Å². The number of benzene rings is 2. The van der Waals surface area contributed by atoms with Crippen LogP contribution in [0.4, 0.5) is 0 Å². The van der Waals surface area contributed by atoms with Crippen LogP contribution in [0.1, 0.15) is 32.3 Å². The molecule has 1 heterocycles. The molecule has 3 rings (SSSR count). The van der Waals surface area contributed by atoms with E-state index in [1.807, 2.05) is 30.3 Å².